The third-order valence-corrected chi connectivity index (χ3v) is 4.52. The van der Waals surface area contributed by atoms with Gasteiger partial charge in [-0.3, -0.25) is 14.9 Å². The summed E-state index contributed by atoms with van der Waals surface area (Å²) < 4.78 is 5.32. The Morgan fingerprint density at radius 2 is 1.72 bits per heavy atom. The van der Waals surface area contributed by atoms with Crippen LogP contribution in [-0.2, 0) is 9.53 Å². The number of morpholine rings is 1. The van der Waals surface area contributed by atoms with Gasteiger partial charge in [0.2, 0.25) is 17.5 Å². The topological polar surface area (TPSA) is 105 Å². The summed E-state index contributed by atoms with van der Waals surface area (Å²) >= 11 is 0. The highest BCUT2D eigenvalue weighted by Crippen LogP contribution is 2.34. The first-order valence-electron chi connectivity index (χ1n) is 8.40. The minimum atomic E-state index is -0.409. The van der Waals surface area contributed by atoms with Gasteiger partial charge in [-0.15, -0.1) is 0 Å². The van der Waals surface area contributed by atoms with Crippen molar-refractivity contribution in [3.05, 3.63) is 16.4 Å². The molecule has 2 aliphatic heterocycles. The summed E-state index contributed by atoms with van der Waals surface area (Å²) in [5.41, 5.74) is -0.0688. The third-order valence-electron chi connectivity index (χ3n) is 4.52. The molecule has 3 rings (SSSR count). The molecule has 0 aliphatic carbocycles. The van der Waals surface area contributed by atoms with Gasteiger partial charge in [0, 0.05) is 46.2 Å². The van der Waals surface area contributed by atoms with Gasteiger partial charge in [-0.25, -0.2) is 9.97 Å². The maximum atomic E-state index is 11.8. The van der Waals surface area contributed by atoms with Crippen molar-refractivity contribution in [1.29, 1.82) is 0 Å². The average Bonchev–Trinajstić information content (AvgIpc) is 2.88. The summed E-state index contributed by atoms with van der Waals surface area (Å²) in [6.07, 6.45) is 2.12. The predicted molar refractivity (Wildman–Crippen MR) is 90.8 cm³/mol. The van der Waals surface area contributed by atoms with Gasteiger partial charge in [0.05, 0.1) is 18.1 Å². The molecule has 2 aliphatic rings. The number of hydrogen-bond donors (Lipinski definition) is 0. The van der Waals surface area contributed by atoms with Gasteiger partial charge in [0.1, 0.15) is 6.33 Å². The van der Waals surface area contributed by atoms with Crippen LogP contribution in [0.1, 0.15) is 13.3 Å². The Kier molecular flexibility index (Phi) is 5.27. The molecule has 0 spiro atoms. The number of ether oxygens (including phenoxy) is 1. The van der Waals surface area contributed by atoms with E-state index in [-0.39, 0.29) is 11.6 Å². The van der Waals surface area contributed by atoms with Crippen LogP contribution in [0.4, 0.5) is 17.3 Å². The molecular formula is C15H22N6O4. The van der Waals surface area contributed by atoms with Crippen molar-refractivity contribution in [1.82, 2.24) is 14.9 Å². The molecular weight excluding hydrogens is 328 g/mol. The van der Waals surface area contributed by atoms with E-state index in [1.54, 1.807) is 11.8 Å². The molecule has 25 heavy (non-hydrogen) atoms. The predicted octanol–water partition coefficient (Wildman–Crippen LogP) is 0.280. The molecule has 10 nitrogen and oxygen atoms in total. The smallest absolute Gasteiger partial charge is 0.353 e. The lowest BCUT2D eigenvalue weighted by atomic mass is 10.3. The zero-order valence-electron chi connectivity index (χ0n) is 14.3. The fourth-order valence-corrected chi connectivity index (χ4v) is 3.21. The molecule has 3 heterocycles. The second-order valence-corrected chi connectivity index (χ2v) is 6.07. The lowest BCUT2D eigenvalue weighted by Gasteiger charge is -2.28. The molecule has 2 saturated heterocycles. The van der Waals surface area contributed by atoms with E-state index in [1.807, 2.05) is 9.80 Å². The number of aromatic nitrogens is 2. The fourth-order valence-electron chi connectivity index (χ4n) is 3.21. The number of hydrogen-bond acceptors (Lipinski definition) is 8. The Hall–Kier alpha value is -2.49. The Morgan fingerprint density at radius 3 is 2.32 bits per heavy atom. The quantitative estimate of drug-likeness (QED) is 0.565. The van der Waals surface area contributed by atoms with E-state index < -0.39 is 4.92 Å². The maximum Gasteiger partial charge on any atom is 0.353 e. The second kappa shape index (κ2) is 7.60. The van der Waals surface area contributed by atoms with E-state index in [2.05, 4.69) is 9.97 Å². The molecule has 0 atom stereocenters. The number of nitro groups is 1. The number of nitrogens with zero attached hydrogens (tertiary/aromatic N) is 6. The van der Waals surface area contributed by atoms with Gasteiger partial charge in [0.25, 0.3) is 0 Å². The van der Waals surface area contributed by atoms with Crippen molar-refractivity contribution in [3.8, 4) is 0 Å². The van der Waals surface area contributed by atoms with Crippen LogP contribution < -0.4 is 9.80 Å². The number of carbonyl (C=O) groups excluding carboxylic acids is 1. The molecule has 0 N–H and O–H groups in total. The summed E-state index contributed by atoms with van der Waals surface area (Å²) in [5, 5.41) is 11.8. The van der Waals surface area contributed by atoms with E-state index in [4.69, 9.17) is 4.74 Å². The number of amides is 1. The third kappa shape index (κ3) is 3.78. The molecule has 0 bridgehead atoms. The van der Waals surface area contributed by atoms with Crippen molar-refractivity contribution < 1.29 is 14.5 Å². The van der Waals surface area contributed by atoms with E-state index >= 15 is 0 Å². The Labute approximate surface area is 145 Å². The zero-order chi connectivity index (χ0) is 17.8. The fraction of sp³-hybridized carbons (Fsp3) is 0.667. The second-order valence-electron chi connectivity index (χ2n) is 6.07. The zero-order valence-corrected chi connectivity index (χ0v) is 14.3. The molecule has 0 saturated carbocycles. The maximum absolute atomic E-state index is 11.8. The average molecular weight is 350 g/mol. The molecule has 0 unspecified atom stereocenters. The standard InChI is InChI=1S/C15H22N6O4/c1-12(22)18-3-2-4-19(6-5-18)14-13(21(23)24)15(17-11-16-14)20-7-9-25-10-8-20/h11H,2-10H2,1H3. The Balaban J connectivity index is 1.90. The monoisotopic (exact) mass is 350 g/mol. The molecule has 1 aromatic rings. The minimum Gasteiger partial charge on any atom is -0.378 e. The van der Waals surface area contributed by atoms with Crippen molar-refractivity contribution >= 4 is 23.2 Å². The highest BCUT2D eigenvalue weighted by Gasteiger charge is 2.31. The van der Waals surface area contributed by atoms with Crippen molar-refractivity contribution in [2.45, 2.75) is 13.3 Å². The van der Waals surface area contributed by atoms with Crippen LogP contribution in [0, 0.1) is 10.1 Å². The van der Waals surface area contributed by atoms with Crippen molar-refractivity contribution in [3.63, 3.8) is 0 Å². The van der Waals surface area contributed by atoms with Crippen LogP contribution in [0.3, 0.4) is 0 Å². The summed E-state index contributed by atoms with van der Waals surface area (Å²) in [7, 11) is 0. The summed E-state index contributed by atoms with van der Waals surface area (Å²) in [5.74, 6) is 0.686. The first kappa shape index (κ1) is 17.3. The molecule has 2 fully saturated rings. The van der Waals surface area contributed by atoms with Crippen LogP contribution in [0.25, 0.3) is 0 Å². The lowest BCUT2D eigenvalue weighted by Crippen LogP contribution is -2.38. The van der Waals surface area contributed by atoms with E-state index in [0.29, 0.717) is 64.1 Å². The van der Waals surface area contributed by atoms with E-state index in [0.717, 1.165) is 6.42 Å². The largest absolute Gasteiger partial charge is 0.378 e. The van der Waals surface area contributed by atoms with Gasteiger partial charge in [0.15, 0.2) is 0 Å². The number of carbonyl (C=O) groups is 1. The highest BCUT2D eigenvalue weighted by atomic mass is 16.6. The van der Waals surface area contributed by atoms with Crippen LogP contribution >= 0.6 is 0 Å². The van der Waals surface area contributed by atoms with Crippen LogP contribution in [0.2, 0.25) is 0 Å². The number of anilines is 2. The SMILES string of the molecule is CC(=O)N1CCCN(c2ncnc(N3CCOCC3)c2[N+](=O)[O-])CC1. The lowest BCUT2D eigenvalue weighted by molar-refractivity contribution is -0.383. The summed E-state index contributed by atoms with van der Waals surface area (Å²) in [6, 6.07) is 0. The van der Waals surface area contributed by atoms with E-state index in [9.17, 15) is 14.9 Å². The van der Waals surface area contributed by atoms with Crippen molar-refractivity contribution in [2.24, 2.45) is 0 Å². The molecule has 10 heteroatoms. The van der Waals surface area contributed by atoms with Gasteiger partial charge < -0.3 is 19.4 Å². The van der Waals surface area contributed by atoms with Gasteiger partial charge in [-0.1, -0.05) is 0 Å². The van der Waals surface area contributed by atoms with E-state index in [1.165, 1.54) is 6.33 Å². The van der Waals surface area contributed by atoms with Crippen LogP contribution in [-0.4, -0.2) is 78.2 Å². The summed E-state index contributed by atoms with van der Waals surface area (Å²) in [4.78, 5) is 36.8. The number of rotatable bonds is 3. The minimum absolute atomic E-state index is 0.0213. The normalized spacial score (nSPS) is 18.8. The van der Waals surface area contributed by atoms with Crippen molar-refractivity contribution in [2.75, 3.05) is 62.3 Å². The van der Waals surface area contributed by atoms with Gasteiger partial charge in [-0.2, -0.15) is 0 Å². The van der Waals surface area contributed by atoms with Crippen LogP contribution in [0.5, 0.6) is 0 Å². The first-order valence-corrected chi connectivity index (χ1v) is 8.40. The molecule has 0 aromatic carbocycles. The Bertz CT molecular complexity index is 649. The Morgan fingerprint density at radius 1 is 1.08 bits per heavy atom. The highest BCUT2D eigenvalue weighted by molar-refractivity contribution is 5.74. The van der Waals surface area contributed by atoms with Crippen LogP contribution in [0.15, 0.2) is 6.33 Å². The van der Waals surface area contributed by atoms with Gasteiger partial charge >= 0.3 is 5.69 Å². The molecule has 0 radical (unpaired) electrons. The first-order chi connectivity index (χ1) is 12.1. The molecule has 1 amide bonds. The molecule has 1 aromatic heterocycles. The molecule has 136 valence electrons. The summed E-state index contributed by atoms with van der Waals surface area (Å²) in [6.45, 7) is 6.03. The van der Waals surface area contributed by atoms with Gasteiger partial charge in [-0.05, 0) is 6.42 Å².